The maximum atomic E-state index is 13.2. The first kappa shape index (κ1) is 18.1. The van der Waals surface area contributed by atoms with Crippen molar-refractivity contribution in [3.05, 3.63) is 101 Å². The molecule has 0 unspecified atom stereocenters. The van der Waals surface area contributed by atoms with E-state index in [0.29, 0.717) is 18.1 Å². The van der Waals surface area contributed by atoms with Crippen LogP contribution in [-0.2, 0) is 17.8 Å². The van der Waals surface area contributed by atoms with Crippen LogP contribution in [0.15, 0.2) is 78.6 Å². The summed E-state index contributed by atoms with van der Waals surface area (Å²) in [7, 11) is 0. The highest BCUT2D eigenvalue weighted by Crippen LogP contribution is 2.36. The number of hydrogen-bond acceptors (Lipinski definition) is 2. The minimum atomic E-state index is -0.125. The van der Waals surface area contributed by atoms with Crippen molar-refractivity contribution in [1.29, 1.82) is 0 Å². The summed E-state index contributed by atoms with van der Waals surface area (Å²) in [6.45, 7) is 4.69. The number of para-hydroxylation sites is 2. The molecule has 3 aromatic rings. The second-order valence-electron chi connectivity index (χ2n) is 7.05. The third-order valence-electron chi connectivity index (χ3n) is 4.94. The van der Waals surface area contributed by atoms with Gasteiger partial charge in [0.15, 0.2) is 11.5 Å². The Labute approximate surface area is 165 Å². The number of ether oxygens (including phenoxy) is 1. The van der Waals surface area contributed by atoms with Crippen LogP contribution in [0.25, 0.3) is 6.08 Å². The predicted molar refractivity (Wildman–Crippen MR) is 113 cm³/mol. The fourth-order valence-electron chi connectivity index (χ4n) is 3.41. The van der Waals surface area contributed by atoms with Crippen molar-refractivity contribution in [3.8, 4) is 5.75 Å². The van der Waals surface area contributed by atoms with E-state index in [1.54, 1.807) is 4.90 Å². The van der Waals surface area contributed by atoms with Gasteiger partial charge in [0.1, 0.15) is 0 Å². The van der Waals surface area contributed by atoms with E-state index < -0.39 is 0 Å². The van der Waals surface area contributed by atoms with Crippen molar-refractivity contribution < 1.29 is 9.53 Å². The molecule has 28 heavy (non-hydrogen) atoms. The summed E-state index contributed by atoms with van der Waals surface area (Å²) in [4.78, 5) is 15.0. The summed E-state index contributed by atoms with van der Waals surface area (Å²) in [5.41, 5.74) is 5.29. The van der Waals surface area contributed by atoms with E-state index in [9.17, 15) is 4.79 Å². The molecule has 0 saturated heterocycles. The largest absolute Gasteiger partial charge is 0.449 e. The lowest BCUT2D eigenvalue weighted by molar-refractivity contribution is -0.117. The molecule has 4 rings (SSSR count). The molecule has 0 bridgehead atoms. The minimum absolute atomic E-state index is 0.125. The Morgan fingerprint density at radius 3 is 2.46 bits per heavy atom. The minimum Gasteiger partial charge on any atom is -0.449 e. The van der Waals surface area contributed by atoms with Gasteiger partial charge in [-0.15, -0.1) is 0 Å². The van der Waals surface area contributed by atoms with Crippen LogP contribution >= 0.6 is 0 Å². The third-order valence-corrected chi connectivity index (χ3v) is 4.94. The van der Waals surface area contributed by atoms with Gasteiger partial charge in [-0.1, -0.05) is 73.2 Å². The van der Waals surface area contributed by atoms with E-state index in [4.69, 9.17) is 4.74 Å². The molecule has 0 fully saturated rings. The number of hydrogen-bond donors (Lipinski definition) is 0. The average Bonchev–Trinajstić information content (AvgIpc) is 2.72. The van der Waals surface area contributed by atoms with Crippen molar-refractivity contribution in [2.45, 2.75) is 26.8 Å². The van der Waals surface area contributed by atoms with Gasteiger partial charge in [-0.25, -0.2) is 0 Å². The third kappa shape index (κ3) is 3.70. The average molecular weight is 369 g/mol. The van der Waals surface area contributed by atoms with Crippen LogP contribution in [0.4, 0.5) is 5.69 Å². The summed E-state index contributed by atoms with van der Waals surface area (Å²) in [5.74, 6) is 0.918. The fourth-order valence-corrected chi connectivity index (χ4v) is 3.41. The van der Waals surface area contributed by atoms with Crippen LogP contribution in [0.5, 0.6) is 5.75 Å². The molecule has 0 N–H and O–H groups in total. The molecule has 1 amide bonds. The molecule has 1 aliphatic rings. The van der Waals surface area contributed by atoms with Crippen LogP contribution in [0.3, 0.4) is 0 Å². The summed E-state index contributed by atoms with van der Waals surface area (Å²) < 4.78 is 5.97. The number of aryl methyl sites for hydroxylation is 2. The lowest BCUT2D eigenvalue weighted by Crippen LogP contribution is -2.36. The first-order valence-corrected chi connectivity index (χ1v) is 9.59. The first-order valence-electron chi connectivity index (χ1n) is 9.59. The van der Waals surface area contributed by atoms with E-state index in [1.165, 1.54) is 11.1 Å². The van der Waals surface area contributed by atoms with Gasteiger partial charge in [0.05, 0.1) is 12.2 Å². The standard InChI is InChI=1S/C25H23NO2/c1-3-19-11-13-20(14-12-19)16-24-25(27)26(17-21-8-6-7-18(2)15-21)22-9-4-5-10-23(22)28-24/h4-16H,3,17H2,1-2H3. The topological polar surface area (TPSA) is 29.5 Å². The molecule has 0 saturated carbocycles. The van der Waals surface area contributed by atoms with Crippen molar-refractivity contribution >= 4 is 17.7 Å². The second-order valence-corrected chi connectivity index (χ2v) is 7.05. The molecule has 0 atom stereocenters. The molecule has 0 spiro atoms. The summed E-state index contributed by atoms with van der Waals surface area (Å²) in [6, 6.07) is 24.1. The van der Waals surface area contributed by atoms with Crippen LogP contribution in [0.2, 0.25) is 0 Å². The molecular weight excluding hydrogens is 346 g/mol. The van der Waals surface area contributed by atoms with E-state index in [-0.39, 0.29) is 5.91 Å². The number of amides is 1. The Balaban J connectivity index is 1.70. The normalized spacial score (nSPS) is 14.7. The van der Waals surface area contributed by atoms with Crippen molar-refractivity contribution in [1.82, 2.24) is 0 Å². The van der Waals surface area contributed by atoms with E-state index in [1.807, 2.05) is 54.6 Å². The van der Waals surface area contributed by atoms with E-state index in [2.05, 4.69) is 38.1 Å². The molecule has 0 aliphatic carbocycles. The number of rotatable bonds is 4. The maximum absolute atomic E-state index is 13.2. The second kappa shape index (κ2) is 7.73. The van der Waals surface area contributed by atoms with Crippen molar-refractivity contribution in [2.24, 2.45) is 0 Å². The highest BCUT2D eigenvalue weighted by Gasteiger charge is 2.30. The number of fused-ring (bicyclic) bond motifs is 1. The van der Waals surface area contributed by atoms with Gasteiger partial charge in [0.2, 0.25) is 0 Å². The Bertz CT molecular complexity index is 1030. The van der Waals surface area contributed by atoms with Gasteiger partial charge in [-0.05, 0) is 48.2 Å². The number of carbonyl (C=O) groups excluding carboxylic acids is 1. The van der Waals surface area contributed by atoms with Crippen molar-refractivity contribution in [3.63, 3.8) is 0 Å². The van der Waals surface area contributed by atoms with Crippen LogP contribution < -0.4 is 9.64 Å². The Morgan fingerprint density at radius 2 is 1.71 bits per heavy atom. The van der Waals surface area contributed by atoms with Gasteiger partial charge in [-0.2, -0.15) is 0 Å². The van der Waals surface area contributed by atoms with E-state index in [0.717, 1.165) is 23.2 Å². The number of anilines is 1. The highest BCUT2D eigenvalue weighted by molar-refractivity contribution is 6.09. The van der Waals surface area contributed by atoms with Crippen LogP contribution in [0.1, 0.15) is 29.2 Å². The molecular formula is C25H23NO2. The van der Waals surface area contributed by atoms with E-state index >= 15 is 0 Å². The van der Waals surface area contributed by atoms with Gasteiger partial charge in [0, 0.05) is 0 Å². The van der Waals surface area contributed by atoms with Gasteiger partial charge in [-0.3, -0.25) is 9.69 Å². The van der Waals surface area contributed by atoms with Gasteiger partial charge >= 0.3 is 0 Å². The first-order chi connectivity index (χ1) is 13.6. The zero-order valence-electron chi connectivity index (χ0n) is 16.2. The fraction of sp³-hybridized carbons (Fsp3) is 0.160. The smallest absolute Gasteiger partial charge is 0.294 e. The zero-order valence-corrected chi connectivity index (χ0v) is 16.2. The highest BCUT2D eigenvalue weighted by atomic mass is 16.5. The molecule has 0 radical (unpaired) electrons. The summed E-state index contributed by atoms with van der Waals surface area (Å²) in [6.07, 6.45) is 2.81. The molecule has 140 valence electrons. The molecule has 1 aliphatic heterocycles. The molecule has 3 heteroatoms. The van der Waals surface area contributed by atoms with Gasteiger partial charge in [0.25, 0.3) is 5.91 Å². The molecule has 3 nitrogen and oxygen atoms in total. The maximum Gasteiger partial charge on any atom is 0.294 e. The van der Waals surface area contributed by atoms with Crippen LogP contribution in [-0.4, -0.2) is 5.91 Å². The molecule has 1 heterocycles. The number of nitrogens with zero attached hydrogens (tertiary/aromatic N) is 1. The molecule has 0 aromatic heterocycles. The predicted octanol–water partition coefficient (Wildman–Crippen LogP) is 5.52. The lowest BCUT2D eigenvalue weighted by atomic mass is 10.1. The van der Waals surface area contributed by atoms with Crippen molar-refractivity contribution in [2.75, 3.05) is 4.90 Å². The van der Waals surface area contributed by atoms with Gasteiger partial charge < -0.3 is 4.74 Å². The lowest BCUT2D eigenvalue weighted by Gasteiger charge is -2.30. The quantitative estimate of drug-likeness (QED) is 0.566. The number of benzene rings is 3. The van der Waals surface area contributed by atoms with Crippen LogP contribution in [0, 0.1) is 6.92 Å². The zero-order chi connectivity index (χ0) is 19.5. The summed E-state index contributed by atoms with van der Waals surface area (Å²) in [5, 5.41) is 0. The Hall–Kier alpha value is -3.33. The SMILES string of the molecule is CCc1ccc(C=C2Oc3ccccc3N(Cc3cccc(C)c3)C2=O)cc1. The monoisotopic (exact) mass is 369 g/mol. The molecule has 3 aromatic carbocycles. The Morgan fingerprint density at radius 1 is 0.929 bits per heavy atom. The number of carbonyl (C=O) groups is 1. The Kier molecular flexibility index (Phi) is 4.98. The summed E-state index contributed by atoms with van der Waals surface area (Å²) >= 11 is 0.